The molecule has 0 aliphatic heterocycles. The normalized spacial score (nSPS) is 13.3. The van der Waals surface area contributed by atoms with E-state index in [0.717, 1.165) is 22.6 Å². The van der Waals surface area contributed by atoms with Gasteiger partial charge in [0.15, 0.2) is 6.04 Å². The molecule has 4 nitrogen and oxygen atoms in total. The minimum atomic E-state index is -0.158. The molecular formula is C23H24N3OS2+. The molecule has 2 heterocycles. The van der Waals surface area contributed by atoms with Crippen LogP contribution in [0.3, 0.4) is 0 Å². The highest BCUT2D eigenvalue weighted by Crippen LogP contribution is 2.24. The fourth-order valence-electron chi connectivity index (χ4n) is 3.30. The molecule has 4 aromatic rings. The molecule has 0 bridgehead atoms. The Morgan fingerprint density at radius 3 is 2.59 bits per heavy atom. The third-order valence-corrected chi connectivity index (χ3v) is 7.01. The Kier molecular flexibility index (Phi) is 6.04. The van der Waals surface area contributed by atoms with Crippen molar-refractivity contribution in [2.75, 3.05) is 5.32 Å². The Balaban J connectivity index is 1.34. The maximum absolute atomic E-state index is 12.5. The predicted molar refractivity (Wildman–Crippen MR) is 122 cm³/mol. The van der Waals surface area contributed by atoms with Gasteiger partial charge in [-0.1, -0.05) is 30.3 Å². The third-order valence-electron chi connectivity index (χ3n) is 4.90. The molecule has 0 unspecified atom stereocenters. The third kappa shape index (κ3) is 4.90. The molecule has 0 saturated carbocycles. The molecule has 0 spiro atoms. The number of nitrogens with one attached hydrogen (secondary N) is 1. The molecule has 2 aromatic heterocycles. The second kappa shape index (κ2) is 8.86. The SMILES string of the molecule is C[C@@H]([NH2+][C@H](C)c1cccs1)C(=O)Nc1ccc(Cc2nc3ccccc3s2)cc1. The molecule has 0 fully saturated rings. The van der Waals surface area contributed by atoms with E-state index >= 15 is 0 Å². The molecule has 148 valence electrons. The van der Waals surface area contributed by atoms with Gasteiger partial charge in [0.05, 0.1) is 20.1 Å². The van der Waals surface area contributed by atoms with Gasteiger partial charge in [0.25, 0.3) is 5.91 Å². The number of carbonyl (C=O) groups excluding carboxylic acids is 1. The second-order valence-electron chi connectivity index (χ2n) is 7.22. The van der Waals surface area contributed by atoms with Crippen molar-refractivity contribution >= 4 is 44.5 Å². The standard InChI is InChI=1S/C23H23N3OS2/c1-15(20-8-5-13-28-20)24-16(2)23(27)25-18-11-9-17(10-12-18)14-22-26-19-6-3-4-7-21(19)29-22/h3-13,15-16,24H,14H2,1-2H3,(H,25,27)/p+1/t15-,16-/m1/s1. The summed E-state index contributed by atoms with van der Waals surface area (Å²) in [6.45, 7) is 4.08. The zero-order chi connectivity index (χ0) is 20.2. The van der Waals surface area contributed by atoms with Crippen molar-refractivity contribution < 1.29 is 10.1 Å². The molecule has 0 radical (unpaired) electrons. The molecule has 0 saturated heterocycles. The first kappa shape index (κ1) is 19.8. The summed E-state index contributed by atoms with van der Waals surface area (Å²) in [5.74, 6) is 0.0207. The fraction of sp³-hybridized carbons (Fsp3) is 0.217. The average Bonchev–Trinajstić information content (AvgIpc) is 3.39. The van der Waals surface area contributed by atoms with E-state index in [1.165, 1.54) is 15.1 Å². The molecule has 2 atom stereocenters. The van der Waals surface area contributed by atoms with E-state index in [1.807, 2.05) is 43.3 Å². The highest BCUT2D eigenvalue weighted by Gasteiger charge is 2.20. The van der Waals surface area contributed by atoms with Gasteiger partial charge in [0.1, 0.15) is 6.04 Å². The van der Waals surface area contributed by atoms with Gasteiger partial charge < -0.3 is 10.6 Å². The number of rotatable bonds is 7. The van der Waals surface area contributed by atoms with Crippen molar-refractivity contribution in [3.05, 3.63) is 81.5 Å². The van der Waals surface area contributed by atoms with E-state index in [0.29, 0.717) is 0 Å². The summed E-state index contributed by atoms with van der Waals surface area (Å²) in [4.78, 5) is 18.5. The zero-order valence-corrected chi connectivity index (χ0v) is 18.1. The van der Waals surface area contributed by atoms with Crippen LogP contribution in [-0.4, -0.2) is 16.9 Å². The van der Waals surface area contributed by atoms with E-state index in [1.54, 1.807) is 22.7 Å². The number of benzene rings is 2. The summed E-state index contributed by atoms with van der Waals surface area (Å²) in [6, 6.07) is 20.5. The van der Waals surface area contributed by atoms with Crippen molar-refractivity contribution in [2.24, 2.45) is 0 Å². The molecule has 2 aromatic carbocycles. The van der Waals surface area contributed by atoms with Crippen molar-refractivity contribution in [3.63, 3.8) is 0 Å². The second-order valence-corrected chi connectivity index (χ2v) is 9.32. The van der Waals surface area contributed by atoms with Gasteiger partial charge in [0, 0.05) is 12.1 Å². The first-order valence-corrected chi connectivity index (χ1v) is 11.4. The topological polar surface area (TPSA) is 58.6 Å². The Morgan fingerprint density at radius 1 is 1.07 bits per heavy atom. The lowest BCUT2D eigenvalue weighted by Gasteiger charge is -2.15. The summed E-state index contributed by atoms with van der Waals surface area (Å²) in [7, 11) is 0. The largest absolute Gasteiger partial charge is 0.330 e. The molecule has 0 aliphatic carbocycles. The molecule has 0 aliphatic rings. The minimum Gasteiger partial charge on any atom is -0.330 e. The maximum Gasteiger partial charge on any atom is 0.282 e. The summed E-state index contributed by atoms with van der Waals surface area (Å²) >= 11 is 3.46. The lowest BCUT2D eigenvalue weighted by atomic mass is 10.1. The lowest BCUT2D eigenvalue weighted by molar-refractivity contribution is -0.709. The number of quaternary nitrogens is 1. The first-order chi connectivity index (χ1) is 14.1. The summed E-state index contributed by atoms with van der Waals surface area (Å²) in [5, 5.41) is 8.30. The molecule has 3 N–H and O–H groups in total. The van der Waals surface area contributed by atoms with Crippen molar-refractivity contribution in [2.45, 2.75) is 32.4 Å². The van der Waals surface area contributed by atoms with Crippen LogP contribution in [0.2, 0.25) is 0 Å². The minimum absolute atomic E-state index is 0.0207. The molecular weight excluding hydrogens is 398 g/mol. The van der Waals surface area contributed by atoms with Gasteiger partial charge in [-0.15, -0.1) is 22.7 Å². The Hall–Kier alpha value is -2.54. The van der Waals surface area contributed by atoms with Gasteiger partial charge in [-0.05, 0) is 55.1 Å². The van der Waals surface area contributed by atoms with Crippen LogP contribution in [0.5, 0.6) is 0 Å². The number of carbonyl (C=O) groups is 1. The van der Waals surface area contributed by atoms with Crippen molar-refractivity contribution in [1.29, 1.82) is 0 Å². The highest BCUT2D eigenvalue weighted by molar-refractivity contribution is 7.18. The summed E-state index contributed by atoms with van der Waals surface area (Å²) < 4.78 is 1.22. The van der Waals surface area contributed by atoms with Crippen LogP contribution in [0.25, 0.3) is 10.2 Å². The van der Waals surface area contributed by atoms with E-state index in [4.69, 9.17) is 4.98 Å². The van der Waals surface area contributed by atoms with Crippen LogP contribution in [0.1, 0.15) is 35.3 Å². The van der Waals surface area contributed by atoms with Gasteiger partial charge >= 0.3 is 0 Å². The number of fused-ring (bicyclic) bond motifs is 1. The number of nitrogens with two attached hydrogens (primary N) is 1. The number of thiophene rings is 1. The lowest BCUT2D eigenvalue weighted by Crippen LogP contribution is -2.91. The van der Waals surface area contributed by atoms with Crippen LogP contribution < -0.4 is 10.6 Å². The molecule has 1 amide bonds. The Bertz CT molecular complexity index is 1050. The Labute approximate surface area is 178 Å². The maximum atomic E-state index is 12.5. The van der Waals surface area contributed by atoms with Gasteiger partial charge in [-0.2, -0.15) is 0 Å². The average molecular weight is 423 g/mol. The number of para-hydroxylation sites is 1. The molecule has 6 heteroatoms. The van der Waals surface area contributed by atoms with E-state index in [-0.39, 0.29) is 18.0 Å². The zero-order valence-electron chi connectivity index (χ0n) is 16.5. The quantitative estimate of drug-likeness (QED) is 0.457. The van der Waals surface area contributed by atoms with Crippen molar-refractivity contribution in [3.8, 4) is 0 Å². The number of amides is 1. The molecule has 29 heavy (non-hydrogen) atoms. The van der Waals surface area contributed by atoms with Crippen LogP contribution in [0, 0.1) is 0 Å². The number of hydrogen-bond acceptors (Lipinski definition) is 4. The summed E-state index contributed by atoms with van der Waals surface area (Å²) in [6.07, 6.45) is 0.802. The first-order valence-electron chi connectivity index (χ1n) is 9.71. The number of aromatic nitrogens is 1. The number of hydrogen-bond donors (Lipinski definition) is 2. The molecule has 4 rings (SSSR count). The van der Waals surface area contributed by atoms with Crippen molar-refractivity contribution in [1.82, 2.24) is 4.98 Å². The number of thiazole rings is 1. The monoisotopic (exact) mass is 422 g/mol. The number of anilines is 1. The predicted octanol–water partition coefficient (Wildman–Crippen LogP) is 4.60. The van der Waals surface area contributed by atoms with E-state index < -0.39 is 0 Å². The highest BCUT2D eigenvalue weighted by atomic mass is 32.1. The summed E-state index contributed by atoms with van der Waals surface area (Å²) in [5.41, 5.74) is 3.07. The Morgan fingerprint density at radius 2 is 1.86 bits per heavy atom. The van der Waals surface area contributed by atoms with Gasteiger partial charge in [0.2, 0.25) is 0 Å². The van der Waals surface area contributed by atoms with Crippen LogP contribution in [-0.2, 0) is 11.2 Å². The van der Waals surface area contributed by atoms with Crippen LogP contribution in [0.4, 0.5) is 5.69 Å². The van der Waals surface area contributed by atoms with Gasteiger partial charge in [-0.3, -0.25) is 4.79 Å². The van der Waals surface area contributed by atoms with Crippen LogP contribution in [0.15, 0.2) is 66.0 Å². The number of nitrogens with zero attached hydrogens (tertiary/aromatic N) is 1. The van der Waals surface area contributed by atoms with E-state index in [9.17, 15) is 4.79 Å². The van der Waals surface area contributed by atoms with E-state index in [2.05, 4.69) is 47.2 Å². The van der Waals surface area contributed by atoms with Crippen LogP contribution >= 0.6 is 22.7 Å². The van der Waals surface area contributed by atoms with Gasteiger partial charge in [-0.25, -0.2) is 4.98 Å². The fourth-order valence-corrected chi connectivity index (χ4v) is 5.06. The smallest absolute Gasteiger partial charge is 0.282 e.